The molecule has 1 spiro atoms. The molecule has 1 aliphatic heterocycles. The van der Waals surface area contributed by atoms with Gasteiger partial charge in [0, 0.05) is 42.0 Å². The van der Waals surface area contributed by atoms with Crippen LogP contribution in [0.3, 0.4) is 0 Å². The number of ether oxygens (including phenoxy) is 2. The zero-order valence-electron chi connectivity index (χ0n) is 19.2. The van der Waals surface area contributed by atoms with Gasteiger partial charge in [-0.15, -0.1) is 0 Å². The fourth-order valence-electron chi connectivity index (χ4n) is 7.83. The summed E-state index contributed by atoms with van der Waals surface area (Å²) in [5.74, 6) is 0.976. The van der Waals surface area contributed by atoms with Crippen molar-refractivity contribution < 1.29 is 24.2 Å². The summed E-state index contributed by atoms with van der Waals surface area (Å²) in [6.07, 6.45) is 7.94. The molecule has 6 heteroatoms. The van der Waals surface area contributed by atoms with Crippen LogP contribution in [0.2, 0.25) is 0 Å². The number of aromatic hydroxyl groups is 1. The van der Waals surface area contributed by atoms with Crippen LogP contribution in [0.4, 0.5) is 0 Å². The minimum absolute atomic E-state index is 0.0922. The van der Waals surface area contributed by atoms with E-state index in [1.54, 1.807) is 13.2 Å². The van der Waals surface area contributed by atoms with Crippen LogP contribution in [0, 0.1) is 16.7 Å². The Morgan fingerprint density at radius 1 is 1.31 bits per heavy atom. The zero-order valence-corrected chi connectivity index (χ0v) is 19.2. The average molecular weight is 438 g/mol. The molecule has 1 N–H and O–H groups in total. The number of aldehydes is 1. The fourth-order valence-corrected chi connectivity index (χ4v) is 7.83. The van der Waals surface area contributed by atoms with Crippen molar-refractivity contribution in [3.05, 3.63) is 35.4 Å². The van der Waals surface area contributed by atoms with Gasteiger partial charge in [0.15, 0.2) is 11.5 Å². The van der Waals surface area contributed by atoms with E-state index in [4.69, 9.17) is 9.47 Å². The van der Waals surface area contributed by atoms with Gasteiger partial charge in [-0.1, -0.05) is 25.1 Å². The monoisotopic (exact) mass is 437 g/mol. The Labute approximate surface area is 188 Å². The van der Waals surface area contributed by atoms with Gasteiger partial charge in [-0.3, -0.25) is 4.79 Å². The maximum atomic E-state index is 13.4. The molecule has 170 valence electrons. The first-order valence-corrected chi connectivity index (χ1v) is 11.8. The summed E-state index contributed by atoms with van der Waals surface area (Å²) in [5.41, 5.74) is -0.680. The van der Waals surface area contributed by atoms with Gasteiger partial charge in [0.25, 0.3) is 0 Å². The minimum Gasteiger partial charge on any atom is -0.504 e. The molecular formula is C26H31NO5. The second kappa shape index (κ2) is 5.96. The van der Waals surface area contributed by atoms with E-state index in [-0.39, 0.29) is 23.6 Å². The van der Waals surface area contributed by atoms with E-state index in [9.17, 15) is 14.7 Å². The standard InChI is InChI=1S/C26H31NO5/c1-5-27(21(30)15-6-7-15)18-12-16-8-9-17(29)20-19(16)24(3)22(32-20)26(31-4)11-10-25(18,24)13-23(26,2)14-28/h8-11,14-15,18,22,29H,5-7,12-13H2,1-4H3/t18-,22-,23-,24+,25-,26-/m1/s1. The zero-order chi connectivity index (χ0) is 22.7. The largest absolute Gasteiger partial charge is 0.504 e. The van der Waals surface area contributed by atoms with Gasteiger partial charge >= 0.3 is 0 Å². The van der Waals surface area contributed by atoms with Crippen LogP contribution in [0.1, 0.15) is 51.2 Å². The summed E-state index contributed by atoms with van der Waals surface area (Å²) >= 11 is 0. The van der Waals surface area contributed by atoms with E-state index < -0.39 is 27.9 Å². The lowest BCUT2D eigenvalue weighted by Gasteiger charge is -2.69. The molecule has 6 aliphatic rings. The van der Waals surface area contributed by atoms with Crippen LogP contribution in [-0.4, -0.2) is 53.6 Å². The normalized spacial score (nSPS) is 42.4. The molecule has 6 nitrogen and oxygen atoms in total. The Kier molecular flexibility index (Phi) is 3.78. The molecule has 0 radical (unpaired) electrons. The van der Waals surface area contributed by atoms with Crippen LogP contribution in [-0.2, 0) is 26.2 Å². The molecule has 5 aliphatic carbocycles. The second-order valence-corrected chi connectivity index (χ2v) is 10.8. The maximum absolute atomic E-state index is 13.4. The maximum Gasteiger partial charge on any atom is 0.225 e. The van der Waals surface area contributed by atoms with Gasteiger partial charge in [-0.25, -0.2) is 0 Å². The number of likely N-dealkylation sites (N-methyl/N-ethyl adjacent to an activating group) is 1. The number of amides is 1. The smallest absolute Gasteiger partial charge is 0.225 e. The van der Waals surface area contributed by atoms with Crippen LogP contribution in [0.5, 0.6) is 11.5 Å². The third-order valence-electron chi connectivity index (χ3n) is 9.57. The molecule has 0 saturated heterocycles. The number of benzene rings is 1. The number of carbonyl (C=O) groups excluding carboxylic acids is 2. The lowest BCUT2D eigenvalue weighted by molar-refractivity contribution is -0.221. The molecule has 0 aromatic heterocycles. The third-order valence-corrected chi connectivity index (χ3v) is 9.57. The highest BCUT2D eigenvalue weighted by molar-refractivity contribution is 5.82. The quantitative estimate of drug-likeness (QED) is 0.566. The number of phenols is 1. The number of rotatable bonds is 5. The second-order valence-electron chi connectivity index (χ2n) is 10.8. The number of fused-ring (bicyclic) bond motifs is 1. The molecule has 1 amide bonds. The predicted octanol–water partition coefficient (Wildman–Crippen LogP) is 3.14. The molecule has 32 heavy (non-hydrogen) atoms. The van der Waals surface area contributed by atoms with E-state index in [1.807, 2.05) is 26.0 Å². The number of hydrogen-bond donors (Lipinski definition) is 1. The summed E-state index contributed by atoms with van der Waals surface area (Å²) in [7, 11) is 1.64. The molecule has 2 fully saturated rings. The van der Waals surface area contributed by atoms with Crippen molar-refractivity contribution in [2.45, 2.75) is 69.6 Å². The first-order chi connectivity index (χ1) is 15.2. The van der Waals surface area contributed by atoms with Crippen molar-refractivity contribution >= 4 is 12.2 Å². The first-order valence-electron chi connectivity index (χ1n) is 11.8. The lowest BCUT2D eigenvalue weighted by Crippen LogP contribution is -2.79. The predicted molar refractivity (Wildman–Crippen MR) is 118 cm³/mol. The number of carbonyl (C=O) groups is 2. The summed E-state index contributed by atoms with van der Waals surface area (Å²) in [4.78, 5) is 28.1. The molecule has 1 heterocycles. The summed E-state index contributed by atoms with van der Waals surface area (Å²) < 4.78 is 12.7. The van der Waals surface area contributed by atoms with Crippen LogP contribution in [0.25, 0.3) is 0 Å². The highest BCUT2D eigenvalue weighted by Crippen LogP contribution is 2.74. The number of phenolic OH excluding ortho intramolecular Hbond substituents is 1. The Balaban J connectivity index is 1.65. The number of nitrogens with zero attached hydrogens (tertiary/aromatic N) is 1. The SMILES string of the molecule is CCN(C(=O)C1CC1)[C@@H]1Cc2ccc(O)c3c2[C@@]2(C)[C@@H](O3)[C@]3(OC)C=C[C@@]12C[C@]3(C)C=O. The Bertz CT molecular complexity index is 1080. The molecule has 0 unspecified atom stereocenters. The van der Waals surface area contributed by atoms with E-state index in [1.165, 1.54) is 0 Å². The number of methoxy groups -OCH3 is 1. The van der Waals surface area contributed by atoms with Gasteiger partial charge in [0.2, 0.25) is 5.91 Å². The van der Waals surface area contributed by atoms with Gasteiger partial charge in [-0.05, 0) is 51.2 Å². The molecule has 2 bridgehead atoms. The minimum atomic E-state index is -0.951. The lowest BCUT2D eigenvalue weighted by atomic mass is 9.36. The Hall–Kier alpha value is -2.34. The van der Waals surface area contributed by atoms with Gasteiger partial charge in [0.1, 0.15) is 18.0 Å². The van der Waals surface area contributed by atoms with Crippen molar-refractivity contribution in [2.75, 3.05) is 13.7 Å². The van der Waals surface area contributed by atoms with Crippen LogP contribution >= 0.6 is 0 Å². The third kappa shape index (κ3) is 1.94. The fraction of sp³-hybridized carbons (Fsp3) is 0.615. The highest BCUT2D eigenvalue weighted by atomic mass is 16.6. The van der Waals surface area contributed by atoms with Crippen LogP contribution < -0.4 is 4.74 Å². The number of hydrogen-bond acceptors (Lipinski definition) is 5. The molecule has 2 saturated carbocycles. The van der Waals surface area contributed by atoms with Gasteiger partial charge in [-0.2, -0.15) is 0 Å². The van der Waals surface area contributed by atoms with Crippen molar-refractivity contribution in [1.29, 1.82) is 0 Å². The van der Waals surface area contributed by atoms with Gasteiger partial charge < -0.3 is 24.3 Å². The summed E-state index contributed by atoms with van der Waals surface area (Å²) in [6, 6.07) is 3.58. The van der Waals surface area contributed by atoms with Crippen molar-refractivity contribution in [3.63, 3.8) is 0 Å². The Morgan fingerprint density at radius 3 is 2.69 bits per heavy atom. The highest BCUT2D eigenvalue weighted by Gasteiger charge is 2.79. The Morgan fingerprint density at radius 2 is 2.06 bits per heavy atom. The molecular weight excluding hydrogens is 406 g/mol. The average Bonchev–Trinajstić information content (AvgIpc) is 3.58. The van der Waals surface area contributed by atoms with E-state index >= 15 is 0 Å². The van der Waals surface area contributed by atoms with Crippen molar-refractivity contribution in [1.82, 2.24) is 4.90 Å². The first kappa shape index (κ1) is 20.3. The summed E-state index contributed by atoms with van der Waals surface area (Å²) in [6.45, 7) is 6.82. The molecule has 1 aromatic rings. The van der Waals surface area contributed by atoms with Crippen LogP contribution in [0.15, 0.2) is 24.3 Å². The summed E-state index contributed by atoms with van der Waals surface area (Å²) in [5, 5.41) is 10.7. The van der Waals surface area contributed by atoms with E-state index in [0.29, 0.717) is 25.1 Å². The van der Waals surface area contributed by atoms with E-state index in [2.05, 4.69) is 17.9 Å². The van der Waals surface area contributed by atoms with Crippen molar-refractivity contribution in [3.8, 4) is 11.5 Å². The molecule has 6 atom stereocenters. The van der Waals surface area contributed by atoms with E-state index in [0.717, 1.165) is 30.3 Å². The molecule has 7 rings (SSSR count). The van der Waals surface area contributed by atoms with Crippen molar-refractivity contribution in [2.24, 2.45) is 16.7 Å². The topological polar surface area (TPSA) is 76.1 Å². The molecule has 1 aromatic carbocycles. The van der Waals surface area contributed by atoms with Gasteiger partial charge in [0.05, 0.1) is 5.41 Å².